The Morgan fingerprint density at radius 3 is 2.38 bits per heavy atom. The summed E-state index contributed by atoms with van der Waals surface area (Å²) in [4.78, 5) is 23.7. The highest BCUT2D eigenvalue weighted by atomic mass is 16.7. The van der Waals surface area contributed by atoms with Gasteiger partial charge >= 0.3 is 5.97 Å². The van der Waals surface area contributed by atoms with Gasteiger partial charge < -0.3 is 44.2 Å². The molecule has 34 heavy (non-hydrogen) atoms. The molecule has 4 rings (SSSR count). The highest BCUT2D eigenvalue weighted by Crippen LogP contribution is 2.33. The Labute approximate surface area is 192 Å². The molecule has 0 spiro atoms. The maximum absolute atomic E-state index is 12.6. The van der Waals surface area contributed by atoms with Gasteiger partial charge in [0.15, 0.2) is 5.43 Å². The van der Waals surface area contributed by atoms with E-state index in [1.807, 2.05) is 0 Å². The molecule has 0 bridgehead atoms. The van der Waals surface area contributed by atoms with Crippen molar-refractivity contribution in [3.8, 4) is 28.6 Å². The Hall–Kier alpha value is -3.64. The van der Waals surface area contributed by atoms with E-state index in [0.29, 0.717) is 5.56 Å². The van der Waals surface area contributed by atoms with Crippen LogP contribution < -0.4 is 10.2 Å². The van der Waals surface area contributed by atoms with E-state index in [2.05, 4.69) is 0 Å². The summed E-state index contributed by atoms with van der Waals surface area (Å²) < 4.78 is 21.6. The molecular formula is C23H22O11. The second kappa shape index (κ2) is 9.31. The van der Waals surface area contributed by atoms with Crippen molar-refractivity contribution in [1.29, 1.82) is 0 Å². The minimum absolute atomic E-state index is 0.0329. The number of carbonyl (C=O) groups is 1. The number of phenolic OH excluding ortho intramolecular Hbond substituents is 2. The molecule has 11 nitrogen and oxygen atoms in total. The number of carbonyl (C=O) groups excluding carboxylic acids is 1. The number of benzene rings is 2. The normalized spacial score (nSPS) is 24.6. The summed E-state index contributed by atoms with van der Waals surface area (Å²) in [5.41, 5.74) is -0.0608. The number of aliphatic hydroxyl groups is 3. The third kappa shape index (κ3) is 4.68. The van der Waals surface area contributed by atoms with Gasteiger partial charge in [-0.1, -0.05) is 0 Å². The van der Waals surface area contributed by atoms with Crippen LogP contribution in [0.3, 0.4) is 0 Å². The Kier molecular flexibility index (Phi) is 6.44. The minimum atomic E-state index is -1.68. The first-order valence-corrected chi connectivity index (χ1v) is 10.2. The van der Waals surface area contributed by atoms with Gasteiger partial charge in [0.05, 0.1) is 0 Å². The lowest BCUT2D eigenvalue weighted by Gasteiger charge is -2.39. The number of fused-ring (bicyclic) bond motifs is 1. The van der Waals surface area contributed by atoms with E-state index in [0.717, 1.165) is 13.0 Å². The molecule has 5 N–H and O–H groups in total. The van der Waals surface area contributed by atoms with E-state index in [1.165, 1.54) is 24.3 Å². The Bertz CT molecular complexity index is 1250. The standard InChI is InChI=1S/C23H22O11/c1-10(24)31-9-18-20(28)21(29)22(30)23(34-18)32-13-6-14(26)19-15(27)8-16(33-17(19)7-13)11-2-4-12(25)5-3-11/h2-8,18,20-23,25-26,28-30H,9H2,1H3/t18-,20-,21+,22-,23-/m1/s1. The van der Waals surface area contributed by atoms with Gasteiger partial charge in [-0.05, 0) is 24.3 Å². The van der Waals surface area contributed by atoms with Crippen LogP contribution in [0, 0.1) is 0 Å². The van der Waals surface area contributed by atoms with Crippen molar-refractivity contribution in [2.45, 2.75) is 37.6 Å². The van der Waals surface area contributed by atoms with Crippen LogP contribution in [0.25, 0.3) is 22.3 Å². The van der Waals surface area contributed by atoms with Crippen LogP contribution in [-0.4, -0.2) is 68.8 Å². The summed E-state index contributed by atoms with van der Waals surface area (Å²) in [6, 6.07) is 9.52. The molecule has 2 aromatic carbocycles. The van der Waals surface area contributed by atoms with Crippen molar-refractivity contribution in [1.82, 2.24) is 0 Å². The second-order valence-corrected chi connectivity index (χ2v) is 7.77. The van der Waals surface area contributed by atoms with Crippen molar-refractivity contribution in [2.24, 2.45) is 0 Å². The maximum Gasteiger partial charge on any atom is 0.302 e. The lowest BCUT2D eigenvalue weighted by Crippen LogP contribution is -2.60. The predicted octanol–water partition coefficient (Wildman–Crippen LogP) is 0.621. The van der Waals surface area contributed by atoms with E-state index < -0.39 is 54.5 Å². The largest absolute Gasteiger partial charge is 0.508 e. The SMILES string of the molecule is CC(=O)OC[C@H]1O[C@@H](Oc2cc(O)c3c(=O)cc(-c4ccc(O)cc4)oc3c2)[C@H](O)[C@@H](O)[C@@H]1O. The molecule has 0 saturated carbocycles. The van der Waals surface area contributed by atoms with Gasteiger partial charge in [-0.2, -0.15) is 0 Å². The van der Waals surface area contributed by atoms with Crippen LogP contribution in [0.1, 0.15) is 6.92 Å². The van der Waals surface area contributed by atoms with Gasteiger partial charge in [-0.15, -0.1) is 0 Å². The van der Waals surface area contributed by atoms with Gasteiger partial charge in [0.25, 0.3) is 0 Å². The summed E-state index contributed by atoms with van der Waals surface area (Å²) in [7, 11) is 0. The molecule has 3 aromatic rings. The van der Waals surface area contributed by atoms with Crippen LogP contribution >= 0.6 is 0 Å². The van der Waals surface area contributed by atoms with Crippen LogP contribution in [-0.2, 0) is 14.3 Å². The number of hydrogen-bond donors (Lipinski definition) is 5. The van der Waals surface area contributed by atoms with E-state index in [4.69, 9.17) is 18.6 Å². The fraction of sp³-hybridized carbons (Fsp3) is 0.304. The number of aliphatic hydroxyl groups excluding tert-OH is 3. The summed E-state index contributed by atoms with van der Waals surface area (Å²) in [6.45, 7) is 0.764. The molecule has 5 atom stereocenters. The zero-order valence-corrected chi connectivity index (χ0v) is 17.8. The van der Waals surface area contributed by atoms with Gasteiger partial charge in [-0.3, -0.25) is 9.59 Å². The number of aromatic hydroxyl groups is 2. The van der Waals surface area contributed by atoms with E-state index in [-0.39, 0.29) is 28.2 Å². The van der Waals surface area contributed by atoms with Crippen LogP contribution in [0.4, 0.5) is 0 Å². The maximum atomic E-state index is 12.6. The van der Waals surface area contributed by atoms with Crippen molar-refractivity contribution in [3.63, 3.8) is 0 Å². The summed E-state index contributed by atoms with van der Waals surface area (Å²) in [6.07, 6.45) is -7.61. The molecule has 1 aromatic heterocycles. The first-order valence-electron chi connectivity index (χ1n) is 10.2. The van der Waals surface area contributed by atoms with Crippen molar-refractivity contribution < 1.29 is 49.0 Å². The second-order valence-electron chi connectivity index (χ2n) is 7.77. The number of hydrogen-bond acceptors (Lipinski definition) is 11. The number of esters is 1. The van der Waals surface area contributed by atoms with Crippen LogP contribution in [0.15, 0.2) is 51.7 Å². The molecule has 2 heterocycles. The molecular weight excluding hydrogens is 452 g/mol. The zero-order valence-electron chi connectivity index (χ0n) is 17.8. The van der Waals surface area contributed by atoms with Crippen molar-refractivity contribution in [2.75, 3.05) is 6.61 Å². The Balaban J connectivity index is 1.65. The topological polar surface area (TPSA) is 176 Å². The number of phenols is 2. The highest BCUT2D eigenvalue weighted by molar-refractivity contribution is 5.86. The summed E-state index contributed by atoms with van der Waals surface area (Å²) in [5, 5.41) is 50.3. The monoisotopic (exact) mass is 474 g/mol. The lowest BCUT2D eigenvalue weighted by molar-refractivity contribution is -0.278. The van der Waals surface area contributed by atoms with E-state index >= 15 is 0 Å². The quantitative estimate of drug-likeness (QED) is 0.328. The van der Waals surface area contributed by atoms with Gasteiger partial charge in [0.2, 0.25) is 6.29 Å². The number of rotatable bonds is 5. The minimum Gasteiger partial charge on any atom is -0.508 e. The number of ether oxygens (including phenoxy) is 3. The molecule has 0 unspecified atom stereocenters. The predicted molar refractivity (Wildman–Crippen MR) is 115 cm³/mol. The molecule has 1 aliphatic rings. The lowest BCUT2D eigenvalue weighted by atomic mass is 9.99. The highest BCUT2D eigenvalue weighted by Gasteiger charge is 2.45. The van der Waals surface area contributed by atoms with Crippen molar-refractivity contribution >= 4 is 16.9 Å². The van der Waals surface area contributed by atoms with E-state index in [9.17, 15) is 35.1 Å². The van der Waals surface area contributed by atoms with E-state index in [1.54, 1.807) is 12.1 Å². The third-order valence-corrected chi connectivity index (χ3v) is 5.31. The molecule has 1 saturated heterocycles. The zero-order chi connectivity index (χ0) is 24.6. The van der Waals surface area contributed by atoms with Gasteiger partial charge in [-0.25, -0.2) is 0 Å². The molecule has 1 fully saturated rings. The summed E-state index contributed by atoms with van der Waals surface area (Å²) in [5.74, 6) is -0.961. The van der Waals surface area contributed by atoms with Crippen LogP contribution in [0.5, 0.6) is 17.2 Å². The molecule has 0 radical (unpaired) electrons. The fourth-order valence-corrected chi connectivity index (χ4v) is 3.56. The van der Waals surface area contributed by atoms with Crippen molar-refractivity contribution in [3.05, 3.63) is 52.7 Å². The Morgan fingerprint density at radius 2 is 1.71 bits per heavy atom. The fourth-order valence-electron chi connectivity index (χ4n) is 3.56. The third-order valence-electron chi connectivity index (χ3n) is 5.31. The first-order chi connectivity index (χ1) is 16.1. The smallest absolute Gasteiger partial charge is 0.302 e. The van der Waals surface area contributed by atoms with Gasteiger partial charge in [0.1, 0.15) is 65.0 Å². The van der Waals surface area contributed by atoms with Crippen LogP contribution in [0.2, 0.25) is 0 Å². The molecule has 11 heteroatoms. The molecule has 180 valence electrons. The molecule has 0 amide bonds. The average Bonchev–Trinajstić information content (AvgIpc) is 2.78. The molecule has 1 aliphatic heterocycles. The van der Waals surface area contributed by atoms with Gasteiger partial charge in [0, 0.05) is 30.7 Å². The first kappa shape index (κ1) is 23.5. The molecule has 0 aliphatic carbocycles. The Morgan fingerprint density at radius 1 is 1.00 bits per heavy atom. The average molecular weight is 474 g/mol. The summed E-state index contributed by atoms with van der Waals surface area (Å²) >= 11 is 0.